The van der Waals surface area contributed by atoms with E-state index in [1.807, 2.05) is 24.3 Å². The summed E-state index contributed by atoms with van der Waals surface area (Å²) in [5.41, 5.74) is 3.73. The predicted octanol–water partition coefficient (Wildman–Crippen LogP) is 4.37. The molecule has 5 heteroatoms. The molecule has 0 saturated heterocycles. The zero-order valence-electron chi connectivity index (χ0n) is 15.3. The van der Waals surface area contributed by atoms with Gasteiger partial charge in [-0.2, -0.15) is 0 Å². The van der Waals surface area contributed by atoms with E-state index in [-0.39, 0.29) is 0 Å². The maximum atomic E-state index is 12.4. The van der Waals surface area contributed by atoms with Crippen LogP contribution in [-0.4, -0.2) is 29.2 Å². The van der Waals surface area contributed by atoms with Crippen LogP contribution in [0.25, 0.3) is 32.6 Å². The fraction of sp³-hybridized carbons (Fsp3) is 0.238. The van der Waals surface area contributed by atoms with Crippen molar-refractivity contribution in [2.75, 3.05) is 13.7 Å². The normalized spacial score (nSPS) is 11.4. The number of aryl methyl sites for hydroxylation is 2. The summed E-state index contributed by atoms with van der Waals surface area (Å²) in [5, 5.41) is 3.98. The van der Waals surface area contributed by atoms with Gasteiger partial charge in [0.15, 0.2) is 5.69 Å². The first-order valence-corrected chi connectivity index (χ1v) is 8.58. The average Bonchev–Trinajstić information content (AvgIpc) is 2.93. The van der Waals surface area contributed by atoms with Gasteiger partial charge in [-0.15, -0.1) is 0 Å². The summed E-state index contributed by atoms with van der Waals surface area (Å²) in [7, 11) is 3.72. The van der Waals surface area contributed by atoms with Crippen LogP contribution in [-0.2, 0) is 11.8 Å². The Balaban J connectivity index is 2.16. The third kappa shape index (κ3) is 2.24. The standard InChI is InChI=1S/C21H20N2O3/c1-5-26-21(24)19-16-11-17-15-10-13(25-4)6-7-18(15)23(3)20(17)12(2)14(16)8-9-22-19/h6-11H,5H2,1-4H3. The molecule has 0 aliphatic heterocycles. The third-order valence-electron chi connectivity index (χ3n) is 4.95. The Hall–Kier alpha value is -3.08. The highest BCUT2D eigenvalue weighted by atomic mass is 16.5. The van der Waals surface area contributed by atoms with Crippen LogP contribution in [0.5, 0.6) is 5.75 Å². The molecule has 0 aliphatic carbocycles. The maximum Gasteiger partial charge on any atom is 0.357 e. The zero-order chi connectivity index (χ0) is 18.4. The van der Waals surface area contributed by atoms with Crippen molar-refractivity contribution in [2.45, 2.75) is 13.8 Å². The molecular formula is C21H20N2O3. The monoisotopic (exact) mass is 348 g/mol. The molecule has 0 saturated carbocycles. The number of ether oxygens (including phenoxy) is 2. The SMILES string of the molecule is CCOC(=O)c1nccc2c(C)c3c(cc12)c1cc(OC)ccc1n3C. The van der Waals surface area contributed by atoms with Crippen molar-refractivity contribution in [1.82, 2.24) is 9.55 Å². The number of fused-ring (bicyclic) bond motifs is 4. The summed E-state index contributed by atoms with van der Waals surface area (Å²) < 4.78 is 12.8. The second-order valence-corrected chi connectivity index (χ2v) is 6.31. The Labute approximate surface area is 151 Å². The molecule has 0 radical (unpaired) electrons. The highest BCUT2D eigenvalue weighted by Gasteiger charge is 2.18. The Morgan fingerprint density at radius 3 is 2.65 bits per heavy atom. The van der Waals surface area contributed by atoms with Gasteiger partial charge in [0, 0.05) is 34.9 Å². The number of nitrogens with zero attached hydrogens (tertiary/aromatic N) is 2. The van der Waals surface area contributed by atoms with Crippen LogP contribution in [0.2, 0.25) is 0 Å². The number of benzene rings is 2. The molecule has 132 valence electrons. The fourth-order valence-electron chi connectivity index (χ4n) is 3.76. The molecule has 0 atom stereocenters. The van der Waals surface area contributed by atoms with Crippen molar-refractivity contribution in [2.24, 2.45) is 7.05 Å². The lowest BCUT2D eigenvalue weighted by Crippen LogP contribution is -2.08. The molecule has 26 heavy (non-hydrogen) atoms. The third-order valence-corrected chi connectivity index (χ3v) is 4.95. The highest BCUT2D eigenvalue weighted by Crippen LogP contribution is 2.37. The lowest BCUT2D eigenvalue weighted by molar-refractivity contribution is 0.0522. The number of pyridine rings is 1. The van der Waals surface area contributed by atoms with E-state index in [4.69, 9.17) is 9.47 Å². The maximum absolute atomic E-state index is 12.4. The fourth-order valence-corrected chi connectivity index (χ4v) is 3.76. The first kappa shape index (κ1) is 16.4. The molecule has 0 N–H and O–H groups in total. The number of carbonyl (C=O) groups is 1. The van der Waals surface area contributed by atoms with Gasteiger partial charge in [0.1, 0.15) is 5.75 Å². The zero-order valence-corrected chi connectivity index (χ0v) is 15.3. The first-order valence-electron chi connectivity index (χ1n) is 8.58. The molecule has 0 aliphatic rings. The Morgan fingerprint density at radius 1 is 1.12 bits per heavy atom. The summed E-state index contributed by atoms with van der Waals surface area (Å²) in [6.45, 7) is 4.20. The van der Waals surface area contributed by atoms with E-state index in [0.29, 0.717) is 12.3 Å². The first-order chi connectivity index (χ1) is 12.6. The predicted molar refractivity (Wildman–Crippen MR) is 103 cm³/mol. The van der Waals surface area contributed by atoms with Gasteiger partial charge in [-0.25, -0.2) is 9.78 Å². The lowest BCUT2D eigenvalue weighted by atomic mass is 10.00. The molecule has 4 aromatic rings. The Morgan fingerprint density at radius 2 is 1.92 bits per heavy atom. The van der Waals surface area contributed by atoms with Crippen LogP contribution < -0.4 is 4.74 Å². The van der Waals surface area contributed by atoms with E-state index in [9.17, 15) is 4.79 Å². The highest BCUT2D eigenvalue weighted by molar-refractivity contribution is 6.17. The van der Waals surface area contributed by atoms with Crippen molar-refractivity contribution in [3.63, 3.8) is 0 Å². The summed E-state index contributed by atoms with van der Waals surface area (Å²) in [6, 6.07) is 10.0. The van der Waals surface area contributed by atoms with Crippen LogP contribution in [0.1, 0.15) is 23.0 Å². The summed E-state index contributed by atoms with van der Waals surface area (Å²) >= 11 is 0. The van der Waals surface area contributed by atoms with E-state index in [2.05, 4.69) is 29.6 Å². The molecule has 0 spiro atoms. The van der Waals surface area contributed by atoms with Gasteiger partial charge >= 0.3 is 5.97 Å². The molecule has 0 unspecified atom stereocenters. The van der Waals surface area contributed by atoms with E-state index in [1.165, 1.54) is 0 Å². The van der Waals surface area contributed by atoms with Crippen LogP contribution in [0.4, 0.5) is 0 Å². The molecule has 4 rings (SSSR count). The number of aromatic nitrogens is 2. The van der Waals surface area contributed by atoms with Gasteiger partial charge in [-0.05, 0) is 55.1 Å². The van der Waals surface area contributed by atoms with Crippen molar-refractivity contribution in [3.05, 3.63) is 47.8 Å². The van der Waals surface area contributed by atoms with Gasteiger partial charge in [0.05, 0.1) is 19.2 Å². The number of carbonyl (C=O) groups excluding carboxylic acids is 1. The van der Waals surface area contributed by atoms with Crippen LogP contribution in [0.15, 0.2) is 36.5 Å². The van der Waals surface area contributed by atoms with Crippen molar-refractivity contribution >= 4 is 38.5 Å². The van der Waals surface area contributed by atoms with Crippen molar-refractivity contribution in [1.29, 1.82) is 0 Å². The lowest BCUT2D eigenvalue weighted by Gasteiger charge is -2.10. The van der Waals surface area contributed by atoms with Crippen molar-refractivity contribution in [3.8, 4) is 5.75 Å². The second kappa shape index (κ2) is 6.02. The van der Waals surface area contributed by atoms with Gasteiger partial charge in [0.2, 0.25) is 0 Å². The van der Waals surface area contributed by atoms with E-state index in [1.54, 1.807) is 20.2 Å². The summed E-state index contributed by atoms with van der Waals surface area (Å²) in [4.78, 5) is 16.7. The quantitative estimate of drug-likeness (QED) is 0.516. The average molecular weight is 348 g/mol. The van der Waals surface area contributed by atoms with Crippen LogP contribution in [0, 0.1) is 6.92 Å². The van der Waals surface area contributed by atoms with Gasteiger partial charge in [-0.1, -0.05) is 0 Å². The van der Waals surface area contributed by atoms with Gasteiger partial charge < -0.3 is 14.0 Å². The number of rotatable bonds is 3. The van der Waals surface area contributed by atoms with Gasteiger partial charge in [0.25, 0.3) is 0 Å². The van der Waals surface area contributed by atoms with Crippen LogP contribution >= 0.6 is 0 Å². The number of hydrogen-bond donors (Lipinski definition) is 0. The number of esters is 1. The molecule has 0 fully saturated rings. The van der Waals surface area contributed by atoms with Crippen LogP contribution in [0.3, 0.4) is 0 Å². The topological polar surface area (TPSA) is 53.4 Å². The Kier molecular flexibility index (Phi) is 3.80. The molecule has 0 amide bonds. The molecule has 0 bridgehead atoms. The summed E-state index contributed by atoms with van der Waals surface area (Å²) in [6.07, 6.45) is 1.67. The number of methoxy groups -OCH3 is 1. The minimum Gasteiger partial charge on any atom is -0.497 e. The number of hydrogen-bond acceptors (Lipinski definition) is 4. The molecule has 2 aromatic heterocycles. The summed E-state index contributed by atoms with van der Waals surface area (Å²) in [5.74, 6) is 0.411. The molecule has 5 nitrogen and oxygen atoms in total. The van der Waals surface area contributed by atoms with E-state index >= 15 is 0 Å². The minimum atomic E-state index is -0.394. The van der Waals surface area contributed by atoms with Gasteiger partial charge in [-0.3, -0.25) is 0 Å². The molecule has 2 aromatic carbocycles. The molecule has 2 heterocycles. The largest absolute Gasteiger partial charge is 0.497 e. The van der Waals surface area contributed by atoms with Crippen molar-refractivity contribution < 1.29 is 14.3 Å². The Bertz CT molecular complexity index is 1170. The second-order valence-electron chi connectivity index (χ2n) is 6.31. The van der Waals surface area contributed by atoms with E-state index < -0.39 is 5.97 Å². The molecular weight excluding hydrogens is 328 g/mol. The smallest absolute Gasteiger partial charge is 0.357 e. The van der Waals surface area contributed by atoms with E-state index in [0.717, 1.165) is 43.9 Å². The minimum absolute atomic E-state index is 0.323.